The van der Waals surface area contributed by atoms with Gasteiger partial charge in [-0.25, -0.2) is 0 Å². The van der Waals surface area contributed by atoms with E-state index in [1.54, 1.807) is 36.4 Å². The summed E-state index contributed by atoms with van der Waals surface area (Å²) in [6, 6.07) is 12.6. The van der Waals surface area contributed by atoms with E-state index in [-0.39, 0.29) is 30.0 Å². The molecule has 5 N–H and O–H groups in total. The molecule has 1 heterocycles. The monoisotopic (exact) mass is 362 g/mol. The van der Waals surface area contributed by atoms with Crippen LogP contribution in [-0.4, -0.2) is 28.1 Å². The third-order valence-electron chi connectivity index (χ3n) is 3.95. The van der Waals surface area contributed by atoms with E-state index in [1.807, 2.05) is 0 Å². The quantitative estimate of drug-likeness (QED) is 0.632. The molecule has 1 unspecified atom stereocenters. The van der Waals surface area contributed by atoms with E-state index in [0.717, 1.165) is 4.90 Å². The Morgan fingerprint density at radius 3 is 2.08 bits per heavy atom. The number of phenols is 1. The minimum atomic E-state index is -4.27. The van der Waals surface area contributed by atoms with Gasteiger partial charge in [0.25, 0.3) is 0 Å². The summed E-state index contributed by atoms with van der Waals surface area (Å²) in [6.45, 7) is 0. The summed E-state index contributed by atoms with van der Waals surface area (Å²) >= 11 is 0. The number of quaternary nitrogens is 1. The number of para-hydroxylation sites is 1. The summed E-state index contributed by atoms with van der Waals surface area (Å²) in [5.41, 5.74) is 0.719. The van der Waals surface area contributed by atoms with Crippen LogP contribution in [0.4, 0.5) is 0 Å². The SMILES string of the molecule is O=C1CCC(=O)N1CP(=O)([O-])c1ccccc1-c1ccccc1O.[NH4+]. The smallest absolute Gasteiger partial charge is 0.230 e. The Labute approximate surface area is 144 Å². The van der Waals surface area contributed by atoms with Crippen LogP contribution in [0.25, 0.3) is 11.1 Å². The maximum atomic E-state index is 12.8. The number of hydrogen-bond acceptors (Lipinski definition) is 5. The van der Waals surface area contributed by atoms with Crippen LogP contribution in [0.3, 0.4) is 0 Å². The molecule has 1 aliphatic rings. The molecule has 1 atom stereocenters. The first-order valence-corrected chi connectivity index (χ1v) is 9.22. The number of imide groups is 1. The number of nitrogens with zero attached hydrogens (tertiary/aromatic N) is 1. The Kier molecular flexibility index (Phi) is 5.42. The average Bonchev–Trinajstić information content (AvgIpc) is 2.87. The fourth-order valence-electron chi connectivity index (χ4n) is 2.74. The number of amides is 2. The molecule has 1 aliphatic heterocycles. The highest BCUT2D eigenvalue weighted by Gasteiger charge is 2.32. The van der Waals surface area contributed by atoms with Gasteiger partial charge >= 0.3 is 0 Å². The second-order valence-electron chi connectivity index (χ2n) is 5.56. The molecular formula is C17H19N2O5P. The minimum absolute atomic E-state index is 0. The Bertz CT molecular complexity index is 852. The van der Waals surface area contributed by atoms with Gasteiger partial charge in [0, 0.05) is 23.7 Å². The molecule has 3 rings (SSSR count). The molecule has 0 spiro atoms. The summed E-state index contributed by atoms with van der Waals surface area (Å²) in [6.07, 6.45) is -0.574. The third-order valence-corrected chi connectivity index (χ3v) is 5.73. The second kappa shape index (κ2) is 7.19. The molecule has 0 aliphatic carbocycles. The highest BCUT2D eigenvalue weighted by atomic mass is 31.2. The molecule has 1 fully saturated rings. The van der Waals surface area contributed by atoms with Crippen molar-refractivity contribution in [1.29, 1.82) is 0 Å². The van der Waals surface area contributed by atoms with Crippen LogP contribution in [-0.2, 0) is 14.2 Å². The third kappa shape index (κ3) is 3.64. The Hall–Kier alpha value is -2.47. The van der Waals surface area contributed by atoms with Crippen molar-refractivity contribution < 1.29 is 24.2 Å². The largest absolute Gasteiger partial charge is 0.795 e. The predicted octanol–water partition coefficient (Wildman–Crippen LogP) is 1.81. The summed E-state index contributed by atoms with van der Waals surface area (Å²) in [5.74, 6) is -0.995. The standard InChI is InChI=1S/C17H16NO5P.H3N/c19-14-7-3-1-5-12(14)13-6-2-4-8-15(13)24(22,23)11-18-16(20)9-10-17(18)21;/h1-8,19H,9-11H2,(H,22,23);1H3. The van der Waals surface area contributed by atoms with Gasteiger partial charge in [-0.2, -0.15) is 0 Å². The molecule has 0 bridgehead atoms. The van der Waals surface area contributed by atoms with Crippen molar-refractivity contribution in [2.45, 2.75) is 12.8 Å². The topological polar surface area (TPSA) is 134 Å². The van der Waals surface area contributed by atoms with Crippen LogP contribution in [0.15, 0.2) is 48.5 Å². The number of benzene rings is 2. The molecule has 7 nitrogen and oxygen atoms in total. The number of aromatic hydroxyl groups is 1. The van der Waals surface area contributed by atoms with Gasteiger partial charge in [-0.1, -0.05) is 42.5 Å². The van der Waals surface area contributed by atoms with Gasteiger partial charge in [-0.3, -0.25) is 14.5 Å². The normalized spacial score (nSPS) is 16.4. The Morgan fingerprint density at radius 2 is 1.48 bits per heavy atom. The number of carbonyl (C=O) groups excluding carboxylic acids is 2. The lowest BCUT2D eigenvalue weighted by Gasteiger charge is -2.30. The predicted molar refractivity (Wildman–Crippen MR) is 92.7 cm³/mol. The van der Waals surface area contributed by atoms with E-state index >= 15 is 0 Å². The van der Waals surface area contributed by atoms with Crippen LogP contribution in [0.5, 0.6) is 5.75 Å². The first kappa shape index (κ1) is 18.9. The molecule has 8 heteroatoms. The first-order chi connectivity index (χ1) is 11.4. The highest BCUT2D eigenvalue weighted by Crippen LogP contribution is 2.41. The Balaban J connectivity index is 0.00000225. The molecule has 1 saturated heterocycles. The zero-order valence-corrected chi connectivity index (χ0v) is 14.6. The van der Waals surface area contributed by atoms with Gasteiger partial charge in [0.1, 0.15) is 5.75 Å². The van der Waals surface area contributed by atoms with Crippen LogP contribution in [0, 0.1) is 0 Å². The van der Waals surface area contributed by atoms with E-state index in [0.29, 0.717) is 11.1 Å². The van der Waals surface area contributed by atoms with Gasteiger partial charge < -0.3 is 20.7 Å². The molecule has 0 radical (unpaired) electrons. The molecule has 2 aromatic rings. The van der Waals surface area contributed by atoms with Gasteiger partial charge in [0.05, 0.1) is 13.7 Å². The fourth-order valence-corrected chi connectivity index (χ4v) is 4.46. The van der Waals surface area contributed by atoms with E-state index in [4.69, 9.17) is 0 Å². The number of hydrogen-bond donors (Lipinski definition) is 2. The fraction of sp³-hybridized carbons (Fsp3) is 0.176. The van der Waals surface area contributed by atoms with Crippen molar-refractivity contribution in [3.63, 3.8) is 0 Å². The maximum Gasteiger partial charge on any atom is 0.230 e. The van der Waals surface area contributed by atoms with Crippen LogP contribution in [0.2, 0.25) is 0 Å². The molecule has 2 amide bonds. The number of rotatable bonds is 4. The van der Waals surface area contributed by atoms with Crippen molar-refractivity contribution in [2.75, 3.05) is 6.29 Å². The van der Waals surface area contributed by atoms with Crippen LogP contribution >= 0.6 is 7.37 Å². The van der Waals surface area contributed by atoms with Crippen molar-refractivity contribution >= 4 is 24.5 Å². The summed E-state index contributed by atoms with van der Waals surface area (Å²) in [5, 5.41) is 10.0. The van der Waals surface area contributed by atoms with Crippen molar-refractivity contribution in [1.82, 2.24) is 11.1 Å². The number of likely N-dealkylation sites (tertiary alicyclic amines) is 1. The van der Waals surface area contributed by atoms with E-state index in [1.165, 1.54) is 12.1 Å². The van der Waals surface area contributed by atoms with E-state index in [2.05, 4.69) is 0 Å². The van der Waals surface area contributed by atoms with Crippen molar-refractivity contribution in [3.8, 4) is 16.9 Å². The Morgan fingerprint density at radius 1 is 0.960 bits per heavy atom. The molecule has 0 aromatic heterocycles. The van der Waals surface area contributed by atoms with Crippen LogP contribution < -0.4 is 16.3 Å². The van der Waals surface area contributed by atoms with Crippen LogP contribution in [0.1, 0.15) is 12.8 Å². The molecule has 2 aromatic carbocycles. The maximum absolute atomic E-state index is 12.8. The first-order valence-electron chi connectivity index (χ1n) is 7.41. The number of phenolic OH excluding ortho intramolecular Hbond substituents is 1. The van der Waals surface area contributed by atoms with Crippen molar-refractivity contribution in [2.24, 2.45) is 0 Å². The minimum Gasteiger partial charge on any atom is -0.795 e. The zero-order valence-electron chi connectivity index (χ0n) is 13.7. The lowest BCUT2D eigenvalue weighted by molar-refractivity contribution is -0.174. The van der Waals surface area contributed by atoms with Gasteiger partial charge in [-0.05, 0) is 11.6 Å². The van der Waals surface area contributed by atoms with E-state index in [9.17, 15) is 24.2 Å². The lowest BCUT2D eigenvalue weighted by Crippen LogP contribution is -2.35. The highest BCUT2D eigenvalue weighted by molar-refractivity contribution is 7.65. The van der Waals surface area contributed by atoms with Crippen molar-refractivity contribution in [3.05, 3.63) is 48.5 Å². The molecular weight excluding hydrogens is 343 g/mol. The van der Waals surface area contributed by atoms with Gasteiger partial charge in [0.2, 0.25) is 11.8 Å². The summed E-state index contributed by atoms with van der Waals surface area (Å²) in [7, 11) is -4.27. The second-order valence-corrected chi connectivity index (χ2v) is 7.68. The van der Waals surface area contributed by atoms with Gasteiger partial charge in [0.15, 0.2) is 0 Å². The molecule has 25 heavy (non-hydrogen) atoms. The zero-order chi connectivity index (χ0) is 17.3. The average molecular weight is 362 g/mol. The molecule has 132 valence electrons. The number of carbonyl (C=O) groups is 2. The summed E-state index contributed by atoms with van der Waals surface area (Å²) < 4.78 is 12.8. The van der Waals surface area contributed by atoms with E-state index < -0.39 is 25.5 Å². The summed E-state index contributed by atoms with van der Waals surface area (Å²) in [4.78, 5) is 37.0. The van der Waals surface area contributed by atoms with Gasteiger partial charge in [-0.15, -0.1) is 0 Å². The lowest BCUT2D eigenvalue weighted by atomic mass is 10.0. The molecule has 0 saturated carbocycles.